The molecule has 0 radical (unpaired) electrons. The molecule has 1 aromatic heterocycles. The summed E-state index contributed by atoms with van der Waals surface area (Å²) in [5.41, 5.74) is 0.375. The molecule has 1 aromatic rings. The molecule has 2 bridgehead atoms. The van der Waals surface area contributed by atoms with Crippen molar-refractivity contribution in [3.05, 3.63) is 29.6 Å². The Morgan fingerprint density at radius 2 is 1.54 bits per heavy atom. The molecule has 0 N–H and O–H groups in total. The fraction of sp³-hybridized carbons (Fsp3) is 0.556. The first-order valence-electron chi connectivity index (χ1n) is 8.47. The zero-order chi connectivity index (χ0) is 19.2. The quantitative estimate of drug-likeness (QED) is 0.508. The number of nitrogens with zero attached hydrogens (tertiary/aromatic N) is 2. The third-order valence-electron chi connectivity index (χ3n) is 3.42. The molecule has 2 heterocycles. The van der Waals surface area contributed by atoms with Gasteiger partial charge in [-0.05, 0) is 32.9 Å². The van der Waals surface area contributed by atoms with E-state index in [9.17, 15) is 14.4 Å². The summed E-state index contributed by atoms with van der Waals surface area (Å²) < 4.78 is 15.7. The van der Waals surface area contributed by atoms with Crippen LogP contribution in [0.5, 0.6) is 0 Å². The van der Waals surface area contributed by atoms with Gasteiger partial charge in [0.05, 0.1) is 37.3 Å². The van der Waals surface area contributed by atoms with Crippen molar-refractivity contribution < 1.29 is 28.6 Å². The second-order valence-corrected chi connectivity index (χ2v) is 6.88. The molecule has 0 saturated carbocycles. The monoisotopic (exact) mass is 364 g/mol. The van der Waals surface area contributed by atoms with Gasteiger partial charge in [0.15, 0.2) is 0 Å². The highest BCUT2D eigenvalue weighted by molar-refractivity contribution is 5.73. The van der Waals surface area contributed by atoms with Crippen LogP contribution in [0, 0.1) is 0 Å². The lowest BCUT2D eigenvalue weighted by Gasteiger charge is -2.27. The number of cyclic esters (lactones) is 2. The average Bonchev–Trinajstić information content (AvgIpc) is 2.51. The molecule has 8 nitrogen and oxygen atoms in total. The predicted octanol–water partition coefficient (Wildman–Crippen LogP) is 1.50. The normalized spacial score (nSPS) is 17.0. The largest absolute Gasteiger partial charge is 0.463 e. The number of pyridine rings is 1. The van der Waals surface area contributed by atoms with Gasteiger partial charge in [-0.25, -0.2) is 4.79 Å². The zero-order valence-corrected chi connectivity index (χ0v) is 15.3. The van der Waals surface area contributed by atoms with Crippen molar-refractivity contribution in [2.45, 2.75) is 39.2 Å². The van der Waals surface area contributed by atoms with E-state index in [2.05, 4.69) is 4.98 Å². The number of carbonyl (C=O) groups excluding carboxylic acids is 3. The average molecular weight is 364 g/mol. The van der Waals surface area contributed by atoms with E-state index in [0.29, 0.717) is 11.4 Å². The summed E-state index contributed by atoms with van der Waals surface area (Å²) in [6.45, 7) is 5.61. The van der Waals surface area contributed by atoms with Gasteiger partial charge in [0.25, 0.3) is 0 Å². The zero-order valence-electron chi connectivity index (χ0n) is 15.3. The molecule has 26 heavy (non-hydrogen) atoms. The van der Waals surface area contributed by atoms with E-state index in [1.54, 1.807) is 39.0 Å². The molecule has 0 unspecified atom stereocenters. The van der Waals surface area contributed by atoms with Gasteiger partial charge in [-0.3, -0.25) is 14.6 Å². The molecule has 0 spiro atoms. The number of ether oxygens (including phenoxy) is 3. The number of aromatic nitrogens is 1. The van der Waals surface area contributed by atoms with E-state index < -0.39 is 23.6 Å². The Morgan fingerprint density at radius 1 is 1.04 bits per heavy atom. The maximum absolute atomic E-state index is 12.3. The second-order valence-electron chi connectivity index (χ2n) is 6.88. The lowest BCUT2D eigenvalue weighted by Crippen LogP contribution is -2.41. The first-order chi connectivity index (χ1) is 12.2. The van der Waals surface area contributed by atoms with Crippen molar-refractivity contribution >= 4 is 18.0 Å². The van der Waals surface area contributed by atoms with Gasteiger partial charge in [-0.2, -0.15) is 0 Å². The molecule has 1 amide bonds. The minimum atomic E-state index is -0.655. The number of esters is 2. The summed E-state index contributed by atoms with van der Waals surface area (Å²) in [5, 5.41) is 0. The molecular weight excluding hydrogens is 340 g/mol. The molecule has 0 atom stereocenters. The standard InChI is InChI=1S/C18H24N2O6/c1-18(2,3)26-17(23)20-7-9-24-15(21)11-13-5-4-6-14(19-13)12-16(22)25-10-8-20/h4-6H,7-12H2,1-3H3. The Labute approximate surface area is 152 Å². The maximum Gasteiger partial charge on any atom is 0.410 e. The minimum Gasteiger partial charge on any atom is -0.463 e. The number of hydrogen-bond donors (Lipinski definition) is 0. The van der Waals surface area contributed by atoms with Crippen LogP contribution in [0.15, 0.2) is 18.2 Å². The highest BCUT2D eigenvalue weighted by Crippen LogP contribution is 2.10. The minimum absolute atomic E-state index is 0.00464. The summed E-state index contributed by atoms with van der Waals surface area (Å²) in [7, 11) is 0. The third-order valence-corrected chi connectivity index (χ3v) is 3.42. The van der Waals surface area contributed by atoms with Crippen LogP contribution in [0.1, 0.15) is 32.2 Å². The van der Waals surface area contributed by atoms with E-state index in [-0.39, 0.29) is 39.1 Å². The first kappa shape index (κ1) is 19.7. The Hall–Kier alpha value is -2.64. The topological polar surface area (TPSA) is 95.0 Å². The molecule has 142 valence electrons. The number of fused-ring (bicyclic) bond motifs is 2. The van der Waals surface area contributed by atoms with Crippen molar-refractivity contribution in [3.8, 4) is 0 Å². The molecule has 8 heteroatoms. The SMILES string of the molecule is CC(C)(C)OC(=O)N1CCOC(=O)Cc2cccc(n2)CC(=O)OCC1. The van der Waals surface area contributed by atoms with Crippen LogP contribution in [0.25, 0.3) is 0 Å². The molecule has 1 aliphatic heterocycles. The lowest BCUT2D eigenvalue weighted by molar-refractivity contribution is -0.143. The maximum atomic E-state index is 12.3. The van der Waals surface area contributed by atoms with E-state index in [1.165, 1.54) is 4.90 Å². The van der Waals surface area contributed by atoms with Gasteiger partial charge in [-0.1, -0.05) is 6.07 Å². The fourth-order valence-corrected chi connectivity index (χ4v) is 2.28. The smallest absolute Gasteiger partial charge is 0.410 e. The summed E-state index contributed by atoms with van der Waals surface area (Å²) in [5.74, 6) is -0.892. The van der Waals surface area contributed by atoms with E-state index in [4.69, 9.17) is 14.2 Å². The van der Waals surface area contributed by atoms with Crippen LogP contribution >= 0.6 is 0 Å². The van der Waals surface area contributed by atoms with Crippen LogP contribution in [0.2, 0.25) is 0 Å². The highest BCUT2D eigenvalue weighted by atomic mass is 16.6. The summed E-state index contributed by atoms with van der Waals surface area (Å²) in [6.07, 6.45) is -0.562. The molecule has 1 aliphatic rings. The fourth-order valence-electron chi connectivity index (χ4n) is 2.28. The Kier molecular flexibility index (Phi) is 6.54. The summed E-state index contributed by atoms with van der Waals surface area (Å²) in [4.78, 5) is 41.8. The predicted molar refractivity (Wildman–Crippen MR) is 91.4 cm³/mol. The van der Waals surface area contributed by atoms with Crippen molar-refractivity contribution in [2.75, 3.05) is 26.3 Å². The van der Waals surface area contributed by atoms with Gasteiger partial charge < -0.3 is 19.1 Å². The third kappa shape index (κ3) is 6.70. The van der Waals surface area contributed by atoms with Gasteiger partial charge in [0.2, 0.25) is 0 Å². The van der Waals surface area contributed by atoms with Crippen molar-refractivity contribution in [2.24, 2.45) is 0 Å². The Morgan fingerprint density at radius 3 is 2.00 bits per heavy atom. The van der Waals surface area contributed by atoms with E-state index in [1.807, 2.05) is 0 Å². The van der Waals surface area contributed by atoms with Gasteiger partial charge in [0, 0.05) is 0 Å². The number of hydrogen-bond acceptors (Lipinski definition) is 7. The van der Waals surface area contributed by atoms with Crippen LogP contribution in [-0.4, -0.2) is 59.8 Å². The molecule has 2 rings (SSSR count). The van der Waals surface area contributed by atoms with E-state index >= 15 is 0 Å². The second kappa shape index (κ2) is 8.64. The molecule has 0 aliphatic carbocycles. The first-order valence-corrected chi connectivity index (χ1v) is 8.47. The van der Waals surface area contributed by atoms with E-state index in [0.717, 1.165) is 0 Å². The molecule has 0 saturated heterocycles. The number of rotatable bonds is 0. The number of amides is 1. The number of carbonyl (C=O) groups is 3. The van der Waals surface area contributed by atoms with Crippen molar-refractivity contribution in [1.82, 2.24) is 9.88 Å². The van der Waals surface area contributed by atoms with Gasteiger partial charge in [0.1, 0.15) is 18.8 Å². The lowest BCUT2D eigenvalue weighted by atomic mass is 10.2. The molecular formula is C18H24N2O6. The molecule has 0 aromatic carbocycles. The van der Waals surface area contributed by atoms with Gasteiger partial charge >= 0.3 is 18.0 Å². The summed E-state index contributed by atoms with van der Waals surface area (Å²) >= 11 is 0. The van der Waals surface area contributed by atoms with Crippen LogP contribution in [-0.2, 0) is 36.6 Å². The van der Waals surface area contributed by atoms with Crippen molar-refractivity contribution in [1.29, 1.82) is 0 Å². The Bertz CT molecular complexity index is 629. The van der Waals surface area contributed by atoms with Crippen LogP contribution < -0.4 is 0 Å². The van der Waals surface area contributed by atoms with Crippen LogP contribution in [0.4, 0.5) is 4.79 Å². The van der Waals surface area contributed by atoms with Gasteiger partial charge in [-0.15, -0.1) is 0 Å². The summed E-state index contributed by atoms with van der Waals surface area (Å²) in [6, 6.07) is 5.11. The Balaban J connectivity index is 2.07. The highest BCUT2D eigenvalue weighted by Gasteiger charge is 2.23. The molecule has 0 fully saturated rings. The van der Waals surface area contributed by atoms with Crippen molar-refractivity contribution in [3.63, 3.8) is 0 Å². The van der Waals surface area contributed by atoms with Crippen LogP contribution in [0.3, 0.4) is 0 Å².